The second kappa shape index (κ2) is 9.05. The average molecular weight is 340 g/mol. The SMILES string of the molecule is CCSCCCNC(=O)N[C@H]1CCCN(c2cc(C)nn2C)C1. The molecule has 0 unspecified atom stereocenters. The maximum Gasteiger partial charge on any atom is 0.315 e. The Morgan fingerprint density at radius 3 is 3.04 bits per heavy atom. The quantitative estimate of drug-likeness (QED) is 0.747. The van der Waals surface area contributed by atoms with Gasteiger partial charge in [-0.05, 0) is 37.7 Å². The molecule has 1 aromatic rings. The highest BCUT2D eigenvalue weighted by molar-refractivity contribution is 7.99. The highest BCUT2D eigenvalue weighted by Crippen LogP contribution is 2.20. The molecule has 1 aromatic heterocycles. The number of aryl methyl sites for hydroxylation is 2. The molecule has 2 N–H and O–H groups in total. The van der Waals surface area contributed by atoms with E-state index in [4.69, 9.17) is 0 Å². The second-order valence-electron chi connectivity index (χ2n) is 6.00. The Labute approximate surface area is 143 Å². The third kappa shape index (κ3) is 5.64. The average Bonchev–Trinajstić information content (AvgIpc) is 2.86. The monoisotopic (exact) mass is 339 g/mol. The number of thioether (sulfide) groups is 1. The van der Waals surface area contributed by atoms with Gasteiger partial charge in [0.2, 0.25) is 0 Å². The van der Waals surface area contributed by atoms with Crippen molar-refractivity contribution in [2.24, 2.45) is 7.05 Å². The molecule has 6 nitrogen and oxygen atoms in total. The van der Waals surface area contributed by atoms with E-state index in [0.717, 1.165) is 61.9 Å². The summed E-state index contributed by atoms with van der Waals surface area (Å²) in [6.07, 6.45) is 3.14. The summed E-state index contributed by atoms with van der Waals surface area (Å²) in [5.74, 6) is 3.37. The second-order valence-corrected chi connectivity index (χ2v) is 7.40. The minimum absolute atomic E-state index is 0.0421. The van der Waals surface area contributed by atoms with Crippen LogP contribution in [0.2, 0.25) is 0 Å². The minimum atomic E-state index is -0.0421. The number of nitrogens with zero attached hydrogens (tertiary/aromatic N) is 3. The molecule has 0 radical (unpaired) electrons. The lowest BCUT2D eigenvalue weighted by Gasteiger charge is -2.34. The van der Waals surface area contributed by atoms with Crippen molar-refractivity contribution in [3.05, 3.63) is 11.8 Å². The van der Waals surface area contributed by atoms with Crippen LogP contribution in [0.1, 0.15) is 31.9 Å². The standard InChI is InChI=1S/C16H29N5OS/c1-4-23-10-6-8-17-16(22)18-14-7-5-9-21(12-14)15-11-13(2)19-20(15)3/h11,14H,4-10,12H2,1-3H3,(H2,17,18,22)/t14-/m0/s1. The Hall–Kier alpha value is -1.37. The highest BCUT2D eigenvalue weighted by atomic mass is 32.2. The number of nitrogens with one attached hydrogen (secondary N) is 2. The molecule has 1 atom stereocenters. The number of piperidine rings is 1. The maximum absolute atomic E-state index is 12.0. The number of amides is 2. The first kappa shape index (κ1) is 18.0. The summed E-state index contributed by atoms with van der Waals surface area (Å²) in [5, 5.41) is 10.5. The van der Waals surface area contributed by atoms with Gasteiger partial charge < -0.3 is 15.5 Å². The van der Waals surface area contributed by atoms with Crippen LogP contribution in [0, 0.1) is 6.92 Å². The normalized spacial score (nSPS) is 18.0. The van der Waals surface area contributed by atoms with E-state index < -0.39 is 0 Å². The smallest absolute Gasteiger partial charge is 0.315 e. The number of urea groups is 1. The number of hydrogen-bond acceptors (Lipinski definition) is 4. The molecule has 2 heterocycles. The van der Waals surface area contributed by atoms with Crippen molar-refractivity contribution in [1.82, 2.24) is 20.4 Å². The topological polar surface area (TPSA) is 62.2 Å². The van der Waals surface area contributed by atoms with Gasteiger partial charge in [0.25, 0.3) is 0 Å². The number of rotatable bonds is 7. The number of carbonyl (C=O) groups is 1. The van der Waals surface area contributed by atoms with Crippen molar-refractivity contribution < 1.29 is 4.79 Å². The lowest BCUT2D eigenvalue weighted by atomic mass is 10.1. The molecule has 0 spiro atoms. The van der Waals surface area contributed by atoms with Crippen LogP contribution >= 0.6 is 11.8 Å². The van der Waals surface area contributed by atoms with E-state index in [1.807, 2.05) is 30.4 Å². The summed E-state index contributed by atoms with van der Waals surface area (Å²) < 4.78 is 1.92. The zero-order valence-electron chi connectivity index (χ0n) is 14.5. The van der Waals surface area contributed by atoms with Gasteiger partial charge >= 0.3 is 6.03 Å². The summed E-state index contributed by atoms with van der Waals surface area (Å²) in [5.41, 5.74) is 1.03. The van der Waals surface area contributed by atoms with Crippen molar-refractivity contribution in [3.8, 4) is 0 Å². The van der Waals surface area contributed by atoms with Crippen molar-refractivity contribution in [2.45, 2.75) is 39.2 Å². The lowest BCUT2D eigenvalue weighted by molar-refractivity contribution is 0.235. The zero-order chi connectivity index (χ0) is 16.7. The number of carbonyl (C=O) groups excluding carboxylic acids is 1. The van der Waals surface area contributed by atoms with Crippen LogP contribution in [0.3, 0.4) is 0 Å². The molecule has 130 valence electrons. The fourth-order valence-corrected chi connectivity index (χ4v) is 3.59. The summed E-state index contributed by atoms with van der Waals surface area (Å²) in [4.78, 5) is 14.3. The Morgan fingerprint density at radius 1 is 1.52 bits per heavy atom. The molecule has 1 saturated heterocycles. The van der Waals surface area contributed by atoms with E-state index >= 15 is 0 Å². The number of hydrogen-bond donors (Lipinski definition) is 2. The summed E-state index contributed by atoms with van der Waals surface area (Å²) in [7, 11) is 1.97. The van der Waals surface area contributed by atoms with Gasteiger partial charge in [-0.1, -0.05) is 6.92 Å². The zero-order valence-corrected chi connectivity index (χ0v) is 15.3. The Kier molecular flexibility index (Phi) is 7.08. The van der Waals surface area contributed by atoms with Crippen molar-refractivity contribution in [3.63, 3.8) is 0 Å². The summed E-state index contributed by atoms with van der Waals surface area (Å²) >= 11 is 1.91. The Morgan fingerprint density at radius 2 is 2.35 bits per heavy atom. The van der Waals surface area contributed by atoms with Gasteiger partial charge in [0.1, 0.15) is 5.82 Å². The van der Waals surface area contributed by atoms with Gasteiger partial charge in [-0.15, -0.1) is 0 Å². The number of aromatic nitrogens is 2. The Balaban J connectivity index is 1.75. The van der Waals surface area contributed by atoms with Gasteiger partial charge in [0.05, 0.1) is 5.69 Å². The molecule has 7 heteroatoms. The van der Waals surface area contributed by atoms with E-state index in [1.54, 1.807) is 0 Å². The van der Waals surface area contributed by atoms with E-state index in [1.165, 1.54) is 0 Å². The summed E-state index contributed by atoms with van der Waals surface area (Å²) in [6.45, 7) is 6.78. The third-order valence-corrected chi connectivity index (χ3v) is 5.00. The molecule has 2 amide bonds. The molecule has 1 fully saturated rings. The molecule has 2 rings (SSSR count). The van der Waals surface area contributed by atoms with E-state index in [9.17, 15) is 4.79 Å². The molecule has 23 heavy (non-hydrogen) atoms. The van der Waals surface area contributed by atoms with Gasteiger partial charge in [-0.3, -0.25) is 4.68 Å². The lowest BCUT2D eigenvalue weighted by Crippen LogP contribution is -2.51. The van der Waals surface area contributed by atoms with E-state index in [0.29, 0.717) is 0 Å². The van der Waals surface area contributed by atoms with Crippen molar-refractivity contribution in [2.75, 3.05) is 36.0 Å². The predicted octanol–water partition coefficient (Wildman–Crippen LogP) is 2.14. The minimum Gasteiger partial charge on any atom is -0.355 e. The Bertz CT molecular complexity index is 505. The third-order valence-electron chi connectivity index (χ3n) is 4.01. The van der Waals surface area contributed by atoms with Crippen LogP contribution in [-0.2, 0) is 7.05 Å². The largest absolute Gasteiger partial charge is 0.355 e. The summed E-state index contributed by atoms with van der Waals surface area (Å²) in [6, 6.07) is 2.26. The first-order valence-electron chi connectivity index (χ1n) is 8.48. The van der Waals surface area contributed by atoms with Crippen LogP contribution in [0.15, 0.2) is 6.07 Å². The molecule has 0 aromatic carbocycles. The van der Waals surface area contributed by atoms with Crippen LogP contribution in [0.5, 0.6) is 0 Å². The van der Waals surface area contributed by atoms with Crippen LogP contribution in [0.25, 0.3) is 0 Å². The first-order valence-corrected chi connectivity index (χ1v) is 9.63. The first-order chi connectivity index (χ1) is 11.1. The number of anilines is 1. The predicted molar refractivity (Wildman–Crippen MR) is 97.3 cm³/mol. The molecule has 1 aliphatic heterocycles. The van der Waals surface area contributed by atoms with E-state index in [-0.39, 0.29) is 12.1 Å². The van der Waals surface area contributed by atoms with E-state index in [2.05, 4.69) is 33.6 Å². The molecule has 1 aliphatic rings. The molecule has 0 bridgehead atoms. The molecular formula is C16H29N5OS. The van der Waals surface area contributed by atoms with Gasteiger partial charge in [-0.2, -0.15) is 16.9 Å². The van der Waals surface area contributed by atoms with Crippen LogP contribution < -0.4 is 15.5 Å². The molecular weight excluding hydrogens is 310 g/mol. The van der Waals surface area contributed by atoms with Crippen molar-refractivity contribution in [1.29, 1.82) is 0 Å². The maximum atomic E-state index is 12.0. The molecule has 0 saturated carbocycles. The van der Waals surface area contributed by atoms with Crippen molar-refractivity contribution >= 4 is 23.6 Å². The molecule has 0 aliphatic carbocycles. The van der Waals surface area contributed by atoms with Gasteiger partial charge in [-0.25, -0.2) is 4.79 Å². The van der Waals surface area contributed by atoms with Crippen LogP contribution in [-0.4, -0.2) is 53.0 Å². The fourth-order valence-electron chi connectivity index (χ4n) is 2.95. The van der Waals surface area contributed by atoms with Gasteiger partial charge in [0.15, 0.2) is 0 Å². The fraction of sp³-hybridized carbons (Fsp3) is 0.750. The highest BCUT2D eigenvalue weighted by Gasteiger charge is 2.23. The van der Waals surface area contributed by atoms with Crippen LogP contribution in [0.4, 0.5) is 10.6 Å². The van der Waals surface area contributed by atoms with Gasteiger partial charge in [0, 0.05) is 38.8 Å².